The van der Waals surface area contributed by atoms with Gasteiger partial charge in [0.05, 0.1) is 11.3 Å². The molecule has 0 aliphatic carbocycles. The number of carboxylic acids is 1. The Kier molecular flexibility index (Phi) is 4.22. The van der Waals surface area contributed by atoms with Crippen molar-refractivity contribution in [3.8, 4) is 11.6 Å². The predicted molar refractivity (Wildman–Crippen MR) is 74.0 cm³/mol. The van der Waals surface area contributed by atoms with Gasteiger partial charge in [0.2, 0.25) is 5.88 Å². The summed E-state index contributed by atoms with van der Waals surface area (Å²) in [6, 6.07) is 9.60. The van der Waals surface area contributed by atoms with Crippen LogP contribution in [-0.4, -0.2) is 21.2 Å². The maximum atomic E-state index is 11.1. The van der Waals surface area contributed by atoms with Gasteiger partial charge in [-0.15, -0.1) is 0 Å². The highest BCUT2D eigenvalue weighted by Gasteiger charge is 2.16. The van der Waals surface area contributed by atoms with Crippen LogP contribution >= 0.6 is 11.6 Å². The molecule has 6 heteroatoms. The maximum Gasteiger partial charge on any atom is 0.339 e. The maximum absolute atomic E-state index is 11.1. The average Bonchev–Trinajstić information content (AvgIpc) is 2.43. The van der Waals surface area contributed by atoms with Crippen molar-refractivity contribution in [3.63, 3.8) is 0 Å². The van der Waals surface area contributed by atoms with Crippen molar-refractivity contribution < 1.29 is 19.7 Å². The van der Waals surface area contributed by atoms with E-state index in [0.29, 0.717) is 11.3 Å². The molecule has 0 saturated heterocycles. The van der Waals surface area contributed by atoms with Crippen molar-refractivity contribution in [2.45, 2.75) is 0 Å². The molecule has 1 aromatic heterocycles. The Hall–Kier alpha value is -2.53. The van der Waals surface area contributed by atoms with E-state index in [1.54, 1.807) is 30.3 Å². The van der Waals surface area contributed by atoms with Gasteiger partial charge in [-0.2, -0.15) is 0 Å². The Morgan fingerprint density at radius 1 is 1.25 bits per heavy atom. The number of pyridine rings is 1. The van der Waals surface area contributed by atoms with Crippen molar-refractivity contribution in [1.29, 1.82) is 0 Å². The van der Waals surface area contributed by atoms with E-state index in [1.807, 2.05) is 0 Å². The average molecular weight is 292 g/mol. The quantitative estimate of drug-likeness (QED) is 0.665. The highest BCUT2D eigenvalue weighted by Crippen LogP contribution is 2.29. The van der Waals surface area contributed by atoms with Gasteiger partial charge in [0.25, 0.3) is 0 Å². The molecule has 2 rings (SSSR count). The number of hydrogen-bond acceptors (Lipinski definition) is 4. The largest absolute Gasteiger partial charge is 0.515 e. The third-order valence-corrected chi connectivity index (χ3v) is 2.68. The Bertz CT molecular complexity index is 652. The SMILES string of the molecule is O=C(O)C(=CO)c1ccccc1Oc1ccc(Cl)cn1. The molecule has 5 nitrogen and oxygen atoms in total. The Morgan fingerprint density at radius 2 is 2.00 bits per heavy atom. The summed E-state index contributed by atoms with van der Waals surface area (Å²) < 4.78 is 5.51. The number of carbonyl (C=O) groups is 1. The number of nitrogens with zero attached hydrogens (tertiary/aromatic N) is 1. The number of carboxylic acid groups (broad SMARTS) is 1. The summed E-state index contributed by atoms with van der Waals surface area (Å²) in [5, 5.41) is 18.5. The van der Waals surface area contributed by atoms with Crippen LogP contribution in [0.3, 0.4) is 0 Å². The zero-order valence-corrected chi connectivity index (χ0v) is 10.9. The molecule has 0 fully saturated rings. The molecule has 1 heterocycles. The minimum atomic E-state index is -1.26. The zero-order valence-electron chi connectivity index (χ0n) is 10.2. The van der Waals surface area contributed by atoms with Crippen LogP contribution in [0.5, 0.6) is 11.6 Å². The lowest BCUT2D eigenvalue weighted by Gasteiger charge is -2.10. The monoisotopic (exact) mass is 291 g/mol. The second kappa shape index (κ2) is 6.08. The molecule has 0 radical (unpaired) electrons. The van der Waals surface area contributed by atoms with Gasteiger partial charge in [-0.1, -0.05) is 29.8 Å². The molecule has 0 aliphatic rings. The highest BCUT2D eigenvalue weighted by molar-refractivity contribution is 6.30. The number of para-hydroxylation sites is 1. The number of rotatable bonds is 4. The normalized spacial score (nSPS) is 11.2. The molecular weight excluding hydrogens is 282 g/mol. The lowest BCUT2D eigenvalue weighted by atomic mass is 10.1. The lowest BCUT2D eigenvalue weighted by Crippen LogP contribution is -2.02. The van der Waals surface area contributed by atoms with E-state index in [2.05, 4.69) is 4.98 Å². The first-order valence-corrected chi connectivity index (χ1v) is 5.96. The van der Waals surface area contributed by atoms with Gasteiger partial charge in [-0.25, -0.2) is 9.78 Å². The van der Waals surface area contributed by atoms with Crippen LogP contribution in [0.25, 0.3) is 5.57 Å². The first-order chi connectivity index (χ1) is 9.61. The second-order valence-corrected chi connectivity index (χ2v) is 4.20. The van der Waals surface area contributed by atoms with Gasteiger partial charge < -0.3 is 14.9 Å². The summed E-state index contributed by atoms with van der Waals surface area (Å²) in [6.07, 6.45) is 1.94. The molecule has 2 N–H and O–H groups in total. The fraction of sp³-hybridized carbons (Fsp3) is 0. The van der Waals surface area contributed by atoms with Gasteiger partial charge in [-0.3, -0.25) is 0 Å². The first kappa shape index (κ1) is 13.9. The molecule has 1 aromatic carbocycles. The van der Waals surface area contributed by atoms with Crippen molar-refractivity contribution in [3.05, 3.63) is 59.4 Å². The van der Waals surface area contributed by atoms with Crippen LogP contribution in [-0.2, 0) is 4.79 Å². The number of halogens is 1. The standard InChI is InChI=1S/C14H10ClNO4/c15-9-5-6-13(16-7-9)20-12-4-2-1-3-10(12)11(8-17)14(18)19/h1-8,17H,(H,18,19). The molecule has 2 aromatic rings. The molecule has 20 heavy (non-hydrogen) atoms. The Balaban J connectivity index is 2.37. The number of hydrogen-bond donors (Lipinski definition) is 2. The van der Waals surface area contributed by atoms with E-state index in [0.717, 1.165) is 0 Å². The number of ether oxygens (including phenoxy) is 1. The van der Waals surface area contributed by atoms with Crippen molar-refractivity contribution in [2.75, 3.05) is 0 Å². The summed E-state index contributed by atoms with van der Waals surface area (Å²) in [5.41, 5.74) is -0.0196. The number of aliphatic hydroxyl groups is 1. The van der Waals surface area contributed by atoms with Crippen LogP contribution in [0.1, 0.15) is 5.56 Å². The summed E-state index contributed by atoms with van der Waals surface area (Å²) >= 11 is 5.72. The minimum absolute atomic E-state index is 0.249. The number of aliphatic hydroxyl groups excluding tert-OH is 1. The van der Waals surface area contributed by atoms with Crippen LogP contribution in [0, 0.1) is 0 Å². The molecule has 0 bridgehead atoms. The van der Waals surface area contributed by atoms with Crippen LogP contribution < -0.4 is 4.74 Å². The van der Waals surface area contributed by atoms with Gasteiger partial charge in [0.15, 0.2) is 0 Å². The van der Waals surface area contributed by atoms with E-state index >= 15 is 0 Å². The second-order valence-electron chi connectivity index (χ2n) is 3.76. The minimum Gasteiger partial charge on any atom is -0.515 e. The van der Waals surface area contributed by atoms with Crippen molar-refractivity contribution in [2.24, 2.45) is 0 Å². The zero-order chi connectivity index (χ0) is 14.5. The summed E-state index contributed by atoms with van der Waals surface area (Å²) in [5.74, 6) is -0.720. The smallest absolute Gasteiger partial charge is 0.339 e. The first-order valence-electron chi connectivity index (χ1n) is 5.58. The number of aromatic nitrogens is 1. The highest BCUT2D eigenvalue weighted by atomic mass is 35.5. The van der Waals surface area contributed by atoms with E-state index < -0.39 is 5.97 Å². The lowest BCUT2D eigenvalue weighted by molar-refractivity contribution is -0.130. The van der Waals surface area contributed by atoms with Crippen LogP contribution in [0.4, 0.5) is 0 Å². The van der Waals surface area contributed by atoms with Gasteiger partial charge in [-0.05, 0) is 12.1 Å². The third kappa shape index (κ3) is 3.07. The van der Waals surface area contributed by atoms with Crippen LogP contribution in [0.2, 0.25) is 5.02 Å². The summed E-state index contributed by atoms with van der Waals surface area (Å²) in [6.45, 7) is 0. The number of aliphatic carboxylic acids is 1. The topological polar surface area (TPSA) is 79.7 Å². The molecule has 0 saturated carbocycles. The van der Waals surface area contributed by atoms with E-state index in [9.17, 15) is 4.79 Å². The molecular formula is C14H10ClNO4. The third-order valence-electron chi connectivity index (χ3n) is 2.45. The van der Waals surface area contributed by atoms with Crippen LogP contribution in [0.15, 0.2) is 48.9 Å². The van der Waals surface area contributed by atoms with Crippen molar-refractivity contribution >= 4 is 23.1 Å². The predicted octanol–water partition coefficient (Wildman–Crippen LogP) is 3.51. The molecule has 102 valence electrons. The van der Waals surface area contributed by atoms with Gasteiger partial charge >= 0.3 is 5.97 Å². The summed E-state index contributed by atoms with van der Waals surface area (Å²) in [7, 11) is 0. The molecule has 0 spiro atoms. The molecule has 0 amide bonds. The van der Waals surface area contributed by atoms with Gasteiger partial charge in [0, 0.05) is 17.8 Å². The molecule has 0 unspecified atom stereocenters. The Morgan fingerprint density at radius 3 is 2.60 bits per heavy atom. The molecule has 0 atom stereocenters. The van der Waals surface area contributed by atoms with E-state index in [1.165, 1.54) is 12.3 Å². The fourth-order valence-corrected chi connectivity index (χ4v) is 1.67. The Labute approximate surface area is 119 Å². The van der Waals surface area contributed by atoms with E-state index in [-0.39, 0.29) is 22.8 Å². The van der Waals surface area contributed by atoms with Gasteiger partial charge in [0.1, 0.15) is 11.3 Å². The summed E-state index contributed by atoms with van der Waals surface area (Å²) in [4.78, 5) is 15.0. The molecule has 0 aliphatic heterocycles. The fourth-order valence-electron chi connectivity index (χ4n) is 1.55. The van der Waals surface area contributed by atoms with E-state index in [4.69, 9.17) is 26.6 Å². The van der Waals surface area contributed by atoms with Crippen molar-refractivity contribution in [1.82, 2.24) is 4.98 Å². The number of benzene rings is 1.